The second-order valence-electron chi connectivity index (χ2n) is 7.46. The zero-order valence-corrected chi connectivity index (χ0v) is 19.7. The van der Waals surface area contributed by atoms with Crippen molar-refractivity contribution in [3.63, 3.8) is 0 Å². The van der Waals surface area contributed by atoms with Crippen molar-refractivity contribution in [3.8, 4) is 5.75 Å². The van der Waals surface area contributed by atoms with E-state index in [4.69, 9.17) is 4.74 Å². The molecule has 4 rings (SSSR count). The number of ether oxygens (including phenoxy) is 1. The normalized spacial score (nSPS) is 15.8. The highest BCUT2D eigenvalue weighted by Crippen LogP contribution is 2.32. The Balaban J connectivity index is 1.54. The van der Waals surface area contributed by atoms with Gasteiger partial charge in [0.05, 0.1) is 22.5 Å². The van der Waals surface area contributed by atoms with E-state index in [1.807, 2.05) is 36.4 Å². The van der Waals surface area contributed by atoms with E-state index >= 15 is 0 Å². The Morgan fingerprint density at radius 2 is 1.39 bits per heavy atom. The lowest BCUT2D eigenvalue weighted by Gasteiger charge is -2.39. The Labute approximate surface area is 192 Å². The SMILES string of the molecule is COc1ccc(S(=O)(=O)N2CCN(C(c3ccccc3)c3ccccc3)CC2)cc1Br. The standard InChI is InChI=1S/C24H25BrN2O3S/c1-30-23-13-12-21(18-22(23)25)31(28,29)27-16-14-26(15-17-27)24(19-8-4-2-5-9-19)20-10-6-3-7-11-20/h2-13,18,24H,14-17H2,1H3. The van der Waals surface area contributed by atoms with Crippen molar-refractivity contribution in [2.45, 2.75) is 10.9 Å². The van der Waals surface area contributed by atoms with Gasteiger partial charge in [-0.05, 0) is 45.3 Å². The average Bonchev–Trinajstić information content (AvgIpc) is 2.81. The fourth-order valence-electron chi connectivity index (χ4n) is 4.04. The highest BCUT2D eigenvalue weighted by Gasteiger charge is 2.32. The number of hydrogen-bond acceptors (Lipinski definition) is 4. The van der Waals surface area contributed by atoms with Crippen LogP contribution >= 0.6 is 15.9 Å². The summed E-state index contributed by atoms with van der Waals surface area (Å²) in [5.74, 6) is 0.609. The molecule has 1 fully saturated rings. The summed E-state index contributed by atoms with van der Waals surface area (Å²) in [6.07, 6.45) is 0. The van der Waals surface area contributed by atoms with Crippen LogP contribution < -0.4 is 4.74 Å². The van der Waals surface area contributed by atoms with Crippen molar-refractivity contribution in [2.75, 3.05) is 33.3 Å². The summed E-state index contributed by atoms with van der Waals surface area (Å²) in [5, 5.41) is 0. The monoisotopic (exact) mass is 500 g/mol. The van der Waals surface area contributed by atoms with Gasteiger partial charge in [-0.25, -0.2) is 8.42 Å². The highest BCUT2D eigenvalue weighted by atomic mass is 79.9. The van der Waals surface area contributed by atoms with Crippen molar-refractivity contribution in [3.05, 3.63) is 94.5 Å². The molecular formula is C24H25BrN2O3S. The second kappa shape index (κ2) is 9.53. The third-order valence-corrected chi connectivity index (χ3v) is 8.14. The molecule has 162 valence electrons. The van der Waals surface area contributed by atoms with Crippen LogP contribution in [0.1, 0.15) is 17.2 Å². The lowest BCUT2D eigenvalue weighted by Crippen LogP contribution is -2.49. The molecule has 0 aliphatic carbocycles. The van der Waals surface area contributed by atoms with Crippen LogP contribution in [0.2, 0.25) is 0 Å². The zero-order valence-electron chi connectivity index (χ0n) is 17.3. The number of hydrogen-bond donors (Lipinski definition) is 0. The van der Waals surface area contributed by atoms with Crippen molar-refractivity contribution in [1.29, 1.82) is 0 Å². The molecule has 0 N–H and O–H groups in total. The maximum absolute atomic E-state index is 13.2. The largest absolute Gasteiger partial charge is 0.496 e. The van der Waals surface area contributed by atoms with Crippen LogP contribution in [0.4, 0.5) is 0 Å². The Hall–Kier alpha value is -2.19. The van der Waals surface area contributed by atoms with E-state index in [0.29, 0.717) is 36.4 Å². The Morgan fingerprint density at radius 3 is 1.87 bits per heavy atom. The van der Waals surface area contributed by atoms with Gasteiger partial charge in [0.15, 0.2) is 0 Å². The summed E-state index contributed by atoms with van der Waals surface area (Å²) >= 11 is 3.39. The van der Waals surface area contributed by atoms with E-state index in [2.05, 4.69) is 45.1 Å². The molecule has 3 aromatic rings. The van der Waals surface area contributed by atoms with E-state index in [1.54, 1.807) is 29.6 Å². The predicted molar refractivity (Wildman–Crippen MR) is 126 cm³/mol. The molecule has 0 atom stereocenters. The highest BCUT2D eigenvalue weighted by molar-refractivity contribution is 9.10. The maximum atomic E-state index is 13.2. The first-order valence-corrected chi connectivity index (χ1v) is 12.4. The molecule has 0 aromatic heterocycles. The van der Waals surface area contributed by atoms with Crippen molar-refractivity contribution >= 4 is 26.0 Å². The molecule has 0 spiro atoms. The van der Waals surface area contributed by atoms with Gasteiger partial charge in [-0.1, -0.05) is 60.7 Å². The minimum Gasteiger partial charge on any atom is -0.496 e. The van der Waals surface area contributed by atoms with Gasteiger partial charge >= 0.3 is 0 Å². The molecule has 0 amide bonds. The summed E-state index contributed by atoms with van der Waals surface area (Å²) < 4.78 is 33.8. The van der Waals surface area contributed by atoms with Gasteiger partial charge in [0.2, 0.25) is 10.0 Å². The van der Waals surface area contributed by atoms with Gasteiger partial charge in [-0.15, -0.1) is 0 Å². The fraction of sp³-hybridized carbons (Fsp3) is 0.250. The summed E-state index contributed by atoms with van der Waals surface area (Å²) in [6, 6.07) is 25.8. The molecule has 0 unspecified atom stereocenters. The lowest BCUT2D eigenvalue weighted by atomic mass is 9.96. The number of halogens is 1. The zero-order chi connectivity index (χ0) is 21.8. The Bertz CT molecular complexity index is 1080. The average molecular weight is 501 g/mol. The first-order chi connectivity index (χ1) is 15.0. The van der Waals surface area contributed by atoms with Gasteiger partial charge in [0, 0.05) is 26.2 Å². The third-order valence-electron chi connectivity index (χ3n) is 5.63. The van der Waals surface area contributed by atoms with Gasteiger partial charge in [-0.3, -0.25) is 4.90 Å². The number of benzene rings is 3. The third kappa shape index (κ3) is 4.70. The minimum absolute atomic E-state index is 0.0994. The maximum Gasteiger partial charge on any atom is 0.243 e. The van der Waals surface area contributed by atoms with Gasteiger partial charge in [0.1, 0.15) is 5.75 Å². The molecule has 31 heavy (non-hydrogen) atoms. The number of methoxy groups -OCH3 is 1. The summed E-state index contributed by atoms with van der Waals surface area (Å²) in [6.45, 7) is 2.21. The van der Waals surface area contributed by atoms with Crippen LogP contribution in [0.3, 0.4) is 0 Å². The number of piperazine rings is 1. The molecule has 7 heteroatoms. The van der Waals surface area contributed by atoms with Gasteiger partial charge < -0.3 is 4.74 Å². The molecule has 1 aliphatic heterocycles. The van der Waals surface area contributed by atoms with Crippen molar-refractivity contribution < 1.29 is 13.2 Å². The Morgan fingerprint density at radius 1 is 0.839 bits per heavy atom. The molecule has 1 aliphatic rings. The smallest absolute Gasteiger partial charge is 0.243 e. The summed E-state index contributed by atoms with van der Waals surface area (Å²) in [4.78, 5) is 2.64. The van der Waals surface area contributed by atoms with Crippen LogP contribution in [-0.2, 0) is 10.0 Å². The summed E-state index contributed by atoms with van der Waals surface area (Å²) in [5.41, 5.74) is 2.42. The van der Waals surface area contributed by atoms with Crippen molar-refractivity contribution in [1.82, 2.24) is 9.21 Å². The lowest BCUT2D eigenvalue weighted by molar-refractivity contribution is 0.156. The summed E-state index contributed by atoms with van der Waals surface area (Å²) in [7, 11) is -2.01. The number of rotatable bonds is 6. The first kappa shape index (κ1) is 22.0. The fourth-order valence-corrected chi connectivity index (χ4v) is 6.18. The molecule has 1 heterocycles. The van der Waals surface area contributed by atoms with Gasteiger partial charge in [-0.2, -0.15) is 4.31 Å². The van der Waals surface area contributed by atoms with Crippen LogP contribution in [-0.4, -0.2) is 50.9 Å². The first-order valence-electron chi connectivity index (χ1n) is 10.2. The molecular weight excluding hydrogens is 476 g/mol. The van der Waals surface area contributed by atoms with Crippen LogP contribution in [0, 0.1) is 0 Å². The van der Waals surface area contributed by atoms with Crippen LogP contribution in [0.15, 0.2) is 88.2 Å². The van der Waals surface area contributed by atoms with E-state index < -0.39 is 10.0 Å². The van der Waals surface area contributed by atoms with E-state index in [-0.39, 0.29) is 10.9 Å². The van der Waals surface area contributed by atoms with E-state index in [1.165, 1.54) is 11.1 Å². The molecule has 0 radical (unpaired) electrons. The number of nitrogens with zero attached hydrogens (tertiary/aromatic N) is 2. The van der Waals surface area contributed by atoms with E-state index in [9.17, 15) is 8.42 Å². The molecule has 3 aromatic carbocycles. The minimum atomic E-state index is -3.57. The molecule has 0 bridgehead atoms. The quantitative estimate of drug-likeness (QED) is 0.497. The molecule has 0 saturated carbocycles. The molecule has 1 saturated heterocycles. The topological polar surface area (TPSA) is 49.9 Å². The van der Waals surface area contributed by atoms with Crippen molar-refractivity contribution in [2.24, 2.45) is 0 Å². The van der Waals surface area contributed by atoms with Crippen LogP contribution in [0.25, 0.3) is 0 Å². The molecule has 5 nitrogen and oxygen atoms in total. The van der Waals surface area contributed by atoms with E-state index in [0.717, 1.165) is 0 Å². The Kier molecular flexibility index (Phi) is 6.77. The predicted octanol–water partition coefficient (Wildman–Crippen LogP) is 4.55. The van der Waals surface area contributed by atoms with Crippen LogP contribution in [0.5, 0.6) is 5.75 Å². The van der Waals surface area contributed by atoms with Gasteiger partial charge in [0.25, 0.3) is 0 Å². The second-order valence-corrected chi connectivity index (χ2v) is 10.3. The number of sulfonamides is 1.